The van der Waals surface area contributed by atoms with Crippen LogP contribution < -0.4 is 4.74 Å². The van der Waals surface area contributed by atoms with E-state index in [-0.39, 0.29) is 30.2 Å². The van der Waals surface area contributed by atoms with Gasteiger partial charge in [-0.2, -0.15) is 17.6 Å². The molecule has 0 amide bonds. The molecule has 0 bridgehead atoms. The van der Waals surface area contributed by atoms with Crippen LogP contribution in [0.3, 0.4) is 0 Å². The molecule has 0 aromatic heterocycles. The van der Waals surface area contributed by atoms with E-state index in [1.54, 1.807) is 0 Å². The van der Waals surface area contributed by atoms with Gasteiger partial charge in [-0.3, -0.25) is 0 Å². The highest BCUT2D eigenvalue weighted by Gasteiger charge is 2.46. The van der Waals surface area contributed by atoms with E-state index in [1.165, 1.54) is 0 Å². The van der Waals surface area contributed by atoms with Crippen LogP contribution in [0.1, 0.15) is 68.1 Å². The first-order valence-corrected chi connectivity index (χ1v) is 15.6. The van der Waals surface area contributed by atoms with E-state index in [1.807, 2.05) is 0 Å². The number of rotatable bonds is 10. The molecule has 0 atom stereocenters. The van der Waals surface area contributed by atoms with Crippen molar-refractivity contribution >= 4 is 0 Å². The molecule has 4 aromatic carbocycles. The van der Waals surface area contributed by atoms with Crippen molar-refractivity contribution < 1.29 is 66.5 Å². The van der Waals surface area contributed by atoms with Gasteiger partial charge in [0.25, 0.3) is 0 Å². The van der Waals surface area contributed by atoms with Gasteiger partial charge in [-0.05, 0) is 115 Å². The summed E-state index contributed by atoms with van der Waals surface area (Å²) in [5, 5.41) is 0. The Bertz CT molecular complexity index is 1810. The standard InChI is InChI=1S/C36H27F13O2/c1-2-3-18-4-6-19(7-5-18)20-12-25(37)31(26(38)13-20)21-14-27(39)32(28(40)15-21)22-16-29(41)33(30(42)17-22)35(45,46)50-24-10-8-23(9-11-24)34(43,44)51-36(47,48)49/h8-19H,2-7H2,1H3. The van der Waals surface area contributed by atoms with E-state index < -0.39 is 92.6 Å². The molecule has 0 heterocycles. The number of ether oxygens (including phenoxy) is 2. The SMILES string of the molecule is CCCC1CCC(c2cc(F)c(-c3cc(F)c(-c4cc(F)c(C(F)(F)Oc5ccc(C(F)(F)OC(F)(F)F)cc5)c(F)c4)c(F)c3)c(F)c2)CC1. The van der Waals surface area contributed by atoms with Crippen molar-refractivity contribution in [2.75, 3.05) is 0 Å². The van der Waals surface area contributed by atoms with Gasteiger partial charge in [0.2, 0.25) is 0 Å². The van der Waals surface area contributed by atoms with Crippen LogP contribution in [0.4, 0.5) is 57.1 Å². The van der Waals surface area contributed by atoms with Crippen LogP contribution in [0.2, 0.25) is 0 Å². The molecule has 0 radical (unpaired) electrons. The summed E-state index contributed by atoms with van der Waals surface area (Å²) < 4.78 is 192. The fourth-order valence-electron chi connectivity index (χ4n) is 6.41. The Morgan fingerprint density at radius 1 is 0.588 bits per heavy atom. The molecule has 0 spiro atoms. The largest absolute Gasteiger partial charge is 0.527 e. The van der Waals surface area contributed by atoms with Crippen molar-refractivity contribution in [1.82, 2.24) is 0 Å². The lowest BCUT2D eigenvalue weighted by Gasteiger charge is -2.29. The Morgan fingerprint density at radius 3 is 1.49 bits per heavy atom. The predicted octanol–water partition coefficient (Wildman–Crippen LogP) is 12.6. The summed E-state index contributed by atoms with van der Waals surface area (Å²) in [5.41, 5.74) is -6.45. The van der Waals surface area contributed by atoms with Crippen LogP contribution in [0.15, 0.2) is 60.7 Å². The van der Waals surface area contributed by atoms with Gasteiger partial charge in [0.15, 0.2) is 0 Å². The Labute approximate surface area is 282 Å². The van der Waals surface area contributed by atoms with Crippen LogP contribution in [0.25, 0.3) is 22.3 Å². The first-order valence-electron chi connectivity index (χ1n) is 15.6. The zero-order valence-electron chi connectivity index (χ0n) is 26.4. The van der Waals surface area contributed by atoms with Crippen LogP contribution in [0, 0.1) is 40.8 Å². The second-order valence-corrected chi connectivity index (χ2v) is 12.2. The topological polar surface area (TPSA) is 18.5 Å². The molecule has 1 fully saturated rings. The minimum absolute atomic E-state index is 0.0992. The summed E-state index contributed by atoms with van der Waals surface area (Å²) in [7, 11) is 0. The predicted molar refractivity (Wildman–Crippen MR) is 159 cm³/mol. The van der Waals surface area contributed by atoms with E-state index in [4.69, 9.17) is 0 Å². The lowest BCUT2D eigenvalue weighted by Crippen LogP contribution is -2.28. The Morgan fingerprint density at radius 2 is 1.04 bits per heavy atom. The zero-order chi connectivity index (χ0) is 37.5. The average Bonchev–Trinajstić information content (AvgIpc) is 2.99. The van der Waals surface area contributed by atoms with Gasteiger partial charge < -0.3 is 4.74 Å². The van der Waals surface area contributed by atoms with Crippen LogP contribution in [-0.4, -0.2) is 6.36 Å². The lowest BCUT2D eigenvalue weighted by molar-refractivity contribution is -0.431. The molecule has 2 nitrogen and oxygen atoms in total. The summed E-state index contributed by atoms with van der Waals surface area (Å²) in [6, 6.07) is 4.68. The van der Waals surface area contributed by atoms with Gasteiger partial charge in [0.1, 0.15) is 46.2 Å². The molecule has 15 heteroatoms. The number of halogens is 13. The molecule has 5 rings (SSSR count). The highest BCUT2D eigenvalue weighted by atomic mass is 19.4. The molecule has 274 valence electrons. The van der Waals surface area contributed by atoms with Crippen molar-refractivity contribution in [3.05, 3.63) is 112 Å². The molecule has 1 aliphatic carbocycles. The molecule has 0 N–H and O–H groups in total. The average molecular weight is 739 g/mol. The van der Waals surface area contributed by atoms with E-state index in [0.29, 0.717) is 35.7 Å². The molecule has 1 aliphatic rings. The third-order valence-electron chi connectivity index (χ3n) is 8.71. The monoisotopic (exact) mass is 738 g/mol. The molecule has 4 aromatic rings. The smallest absolute Gasteiger partial charge is 0.429 e. The van der Waals surface area contributed by atoms with Crippen molar-refractivity contribution in [1.29, 1.82) is 0 Å². The van der Waals surface area contributed by atoms with Crippen LogP contribution >= 0.6 is 0 Å². The molecule has 0 saturated heterocycles. The zero-order valence-corrected chi connectivity index (χ0v) is 26.4. The second-order valence-electron chi connectivity index (χ2n) is 12.2. The maximum atomic E-state index is 15.3. The first-order chi connectivity index (χ1) is 23.8. The van der Waals surface area contributed by atoms with Crippen molar-refractivity contribution in [3.63, 3.8) is 0 Å². The van der Waals surface area contributed by atoms with E-state index in [9.17, 15) is 39.5 Å². The quantitative estimate of drug-likeness (QED) is 0.151. The fourth-order valence-corrected chi connectivity index (χ4v) is 6.41. The first kappa shape index (κ1) is 38.0. The van der Waals surface area contributed by atoms with Gasteiger partial charge in [0, 0.05) is 0 Å². The van der Waals surface area contributed by atoms with E-state index >= 15 is 17.6 Å². The summed E-state index contributed by atoms with van der Waals surface area (Å²) in [4.78, 5) is 0. The highest BCUT2D eigenvalue weighted by molar-refractivity contribution is 5.73. The Hall–Kier alpha value is -4.27. The molecule has 1 saturated carbocycles. The molecule has 51 heavy (non-hydrogen) atoms. The van der Waals surface area contributed by atoms with E-state index in [0.717, 1.165) is 50.7 Å². The van der Waals surface area contributed by atoms with Gasteiger partial charge in [0.05, 0.1) is 16.7 Å². The number of benzene rings is 4. The molecule has 0 aliphatic heterocycles. The molecule has 0 unspecified atom stereocenters. The summed E-state index contributed by atoms with van der Waals surface area (Å²) in [5.74, 6) is -9.98. The highest BCUT2D eigenvalue weighted by Crippen LogP contribution is 2.43. The lowest BCUT2D eigenvalue weighted by atomic mass is 9.77. The van der Waals surface area contributed by atoms with Crippen molar-refractivity contribution in [2.45, 2.75) is 69.9 Å². The third kappa shape index (κ3) is 8.45. The number of alkyl halides is 7. The van der Waals surface area contributed by atoms with Crippen LogP contribution in [-0.2, 0) is 17.0 Å². The van der Waals surface area contributed by atoms with Crippen molar-refractivity contribution in [3.8, 4) is 28.0 Å². The van der Waals surface area contributed by atoms with Gasteiger partial charge in [-0.15, -0.1) is 13.2 Å². The maximum Gasteiger partial charge on any atom is 0.527 e. The summed E-state index contributed by atoms with van der Waals surface area (Å²) in [6.45, 7) is 2.08. The van der Waals surface area contributed by atoms with Crippen molar-refractivity contribution in [2.24, 2.45) is 5.92 Å². The fraction of sp³-hybridized carbons (Fsp3) is 0.333. The Balaban J connectivity index is 1.38. The van der Waals surface area contributed by atoms with Gasteiger partial charge in [-0.25, -0.2) is 31.1 Å². The number of hydrogen-bond acceptors (Lipinski definition) is 2. The normalized spacial score (nSPS) is 17.1. The summed E-state index contributed by atoms with van der Waals surface area (Å²) >= 11 is 0. The summed E-state index contributed by atoms with van der Waals surface area (Å²) in [6.07, 6.45) is -10.2. The third-order valence-corrected chi connectivity index (χ3v) is 8.71. The Kier molecular flexibility index (Phi) is 10.7. The van der Waals surface area contributed by atoms with E-state index in [2.05, 4.69) is 16.4 Å². The second kappa shape index (κ2) is 14.4. The number of hydrogen-bond donors (Lipinski definition) is 0. The van der Waals surface area contributed by atoms with Gasteiger partial charge in [-0.1, -0.05) is 19.8 Å². The minimum Gasteiger partial charge on any atom is -0.429 e. The molecular formula is C36H27F13O2. The minimum atomic E-state index is -5.75. The molecular weight excluding hydrogens is 711 g/mol. The van der Waals surface area contributed by atoms with Crippen LogP contribution in [0.5, 0.6) is 5.75 Å². The maximum absolute atomic E-state index is 15.3. The van der Waals surface area contributed by atoms with Gasteiger partial charge >= 0.3 is 18.6 Å².